The van der Waals surface area contributed by atoms with Crippen molar-refractivity contribution in [2.45, 2.75) is 25.2 Å². The van der Waals surface area contributed by atoms with Gasteiger partial charge in [0.2, 0.25) is 5.91 Å². The smallest absolute Gasteiger partial charge is 0.226 e. The van der Waals surface area contributed by atoms with Gasteiger partial charge in [-0.15, -0.1) is 0 Å². The third kappa shape index (κ3) is 1.20. The lowest BCUT2D eigenvalue weighted by Crippen LogP contribution is -2.40. The van der Waals surface area contributed by atoms with Crippen LogP contribution in [0.1, 0.15) is 30.7 Å². The molecule has 3 heteroatoms. The average Bonchev–Trinajstić information content (AvgIpc) is 2.56. The van der Waals surface area contributed by atoms with Gasteiger partial charge in [0.05, 0.1) is 5.41 Å². The standard InChI is InChI=1S/C13H14FNO/c14-10-4-2-9(3-5-10)11-8-15-12(16)13(11)6-1-7-13/h2-5,11H,1,6-8H2,(H,15,16)/t11-/m0/s1. The van der Waals surface area contributed by atoms with E-state index in [1.54, 1.807) is 12.1 Å². The highest BCUT2D eigenvalue weighted by Gasteiger charge is 2.54. The maximum absolute atomic E-state index is 12.9. The van der Waals surface area contributed by atoms with Crippen LogP contribution in [-0.2, 0) is 4.79 Å². The Hall–Kier alpha value is -1.38. The highest BCUT2D eigenvalue weighted by molar-refractivity contribution is 5.87. The monoisotopic (exact) mass is 219 g/mol. The van der Waals surface area contributed by atoms with Gasteiger partial charge in [-0.2, -0.15) is 0 Å². The van der Waals surface area contributed by atoms with Gasteiger partial charge in [0.1, 0.15) is 5.82 Å². The van der Waals surface area contributed by atoms with Crippen LogP contribution < -0.4 is 5.32 Å². The molecule has 2 nitrogen and oxygen atoms in total. The maximum Gasteiger partial charge on any atom is 0.226 e. The van der Waals surface area contributed by atoms with Crippen molar-refractivity contribution in [3.05, 3.63) is 35.6 Å². The number of hydrogen-bond donors (Lipinski definition) is 1. The molecule has 1 saturated carbocycles. The molecule has 1 amide bonds. The van der Waals surface area contributed by atoms with Crippen LogP contribution >= 0.6 is 0 Å². The summed E-state index contributed by atoms with van der Waals surface area (Å²) in [7, 11) is 0. The number of carbonyl (C=O) groups is 1. The zero-order valence-electron chi connectivity index (χ0n) is 9.00. The maximum atomic E-state index is 12.9. The summed E-state index contributed by atoms with van der Waals surface area (Å²) < 4.78 is 12.9. The fourth-order valence-corrected chi connectivity index (χ4v) is 2.99. The normalized spacial score (nSPS) is 26.6. The average molecular weight is 219 g/mol. The van der Waals surface area contributed by atoms with Gasteiger partial charge in [0.25, 0.3) is 0 Å². The van der Waals surface area contributed by atoms with Crippen molar-refractivity contribution < 1.29 is 9.18 Å². The van der Waals surface area contributed by atoms with E-state index in [4.69, 9.17) is 0 Å². The first-order chi connectivity index (χ1) is 7.72. The zero-order chi connectivity index (χ0) is 11.2. The van der Waals surface area contributed by atoms with Crippen LogP contribution in [0.4, 0.5) is 4.39 Å². The first-order valence-electron chi connectivity index (χ1n) is 5.76. The highest BCUT2D eigenvalue weighted by Crippen LogP contribution is 2.53. The summed E-state index contributed by atoms with van der Waals surface area (Å²) in [6.45, 7) is 0.699. The topological polar surface area (TPSA) is 29.1 Å². The van der Waals surface area contributed by atoms with Gasteiger partial charge < -0.3 is 5.32 Å². The fourth-order valence-electron chi connectivity index (χ4n) is 2.99. The molecule has 0 bridgehead atoms. The summed E-state index contributed by atoms with van der Waals surface area (Å²) in [5.74, 6) is 0.200. The Morgan fingerprint density at radius 2 is 1.94 bits per heavy atom. The van der Waals surface area contributed by atoms with Gasteiger partial charge in [-0.25, -0.2) is 4.39 Å². The second-order valence-corrected chi connectivity index (χ2v) is 4.82. The summed E-state index contributed by atoms with van der Waals surface area (Å²) in [5, 5.41) is 2.94. The molecular formula is C13H14FNO. The summed E-state index contributed by atoms with van der Waals surface area (Å²) in [6.07, 6.45) is 3.08. The first-order valence-corrected chi connectivity index (χ1v) is 5.76. The lowest BCUT2D eigenvalue weighted by molar-refractivity contribution is -0.132. The van der Waals surface area contributed by atoms with E-state index in [-0.39, 0.29) is 23.1 Å². The molecule has 1 aromatic rings. The SMILES string of the molecule is O=C1NC[C@@H](c2ccc(F)cc2)C12CCC2. The molecule has 0 radical (unpaired) electrons. The minimum absolute atomic E-state index is 0.183. The van der Waals surface area contributed by atoms with E-state index in [1.807, 2.05) is 0 Å². The largest absolute Gasteiger partial charge is 0.355 e. The van der Waals surface area contributed by atoms with E-state index in [0.717, 1.165) is 24.8 Å². The van der Waals surface area contributed by atoms with E-state index in [0.29, 0.717) is 6.54 Å². The molecule has 1 aliphatic carbocycles. The van der Waals surface area contributed by atoms with Gasteiger partial charge in [0.15, 0.2) is 0 Å². The van der Waals surface area contributed by atoms with Gasteiger partial charge in [-0.1, -0.05) is 18.6 Å². The molecule has 2 aliphatic rings. The van der Waals surface area contributed by atoms with Crippen molar-refractivity contribution in [2.75, 3.05) is 6.54 Å². The third-order valence-corrected chi connectivity index (χ3v) is 4.10. The third-order valence-electron chi connectivity index (χ3n) is 4.10. The van der Waals surface area contributed by atoms with Crippen LogP contribution in [-0.4, -0.2) is 12.5 Å². The molecule has 2 fully saturated rings. The number of amides is 1. The van der Waals surface area contributed by atoms with E-state index < -0.39 is 0 Å². The lowest BCUT2D eigenvalue weighted by Gasteiger charge is -2.40. The molecule has 1 spiro atoms. The van der Waals surface area contributed by atoms with Crippen molar-refractivity contribution >= 4 is 5.91 Å². The minimum atomic E-state index is -0.219. The fraction of sp³-hybridized carbons (Fsp3) is 0.462. The van der Waals surface area contributed by atoms with Crippen LogP contribution in [0.25, 0.3) is 0 Å². The molecule has 3 rings (SSSR count). The second kappa shape index (κ2) is 3.30. The summed E-state index contributed by atoms with van der Waals surface area (Å²) in [5.41, 5.74) is 0.900. The molecule has 16 heavy (non-hydrogen) atoms. The van der Waals surface area contributed by atoms with E-state index in [2.05, 4.69) is 5.32 Å². The number of rotatable bonds is 1. The molecule has 1 N–H and O–H groups in total. The molecule has 1 aliphatic heterocycles. The molecule has 1 aromatic carbocycles. The van der Waals surface area contributed by atoms with Crippen molar-refractivity contribution in [1.82, 2.24) is 5.32 Å². The second-order valence-electron chi connectivity index (χ2n) is 4.82. The van der Waals surface area contributed by atoms with Crippen LogP contribution in [0.5, 0.6) is 0 Å². The predicted octanol–water partition coefficient (Wildman–Crippen LogP) is 2.21. The Morgan fingerprint density at radius 1 is 1.25 bits per heavy atom. The minimum Gasteiger partial charge on any atom is -0.355 e. The molecule has 1 atom stereocenters. The van der Waals surface area contributed by atoms with Crippen molar-refractivity contribution in [1.29, 1.82) is 0 Å². The molecule has 1 heterocycles. The van der Waals surface area contributed by atoms with Gasteiger partial charge in [0, 0.05) is 12.5 Å². The van der Waals surface area contributed by atoms with Crippen LogP contribution in [0, 0.1) is 11.2 Å². The highest BCUT2D eigenvalue weighted by atomic mass is 19.1. The first kappa shape index (κ1) is 9.82. The molecular weight excluding hydrogens is 205 g/mol. The molecule has 0 unspecified atom stereocenters. The van der Waals surface area contributed by atoms with E-state index >= 15 is 0 Å². The van der Waals surface area contributed by atoms with Crippen molar-refractivity contribution in [3.63, 3.8) is 0 Å². The van der Waals surface area contributed by atoms with Crippen LogP contribution in [0.15, 0.2) is 24.3 Å². The number of halogens is 1. The Morgan fingerprint density at radius 3 is 2.50 bits per heavy atom. The Labute approximate surface area is 93.9 Å². The number of hydrogen-bond acceptors (Lipinski definition) is 1. The van der Waals surface area contributed by atoms with E-state index in [1.165, 1.54) is 12.1 Å². The van der Waals surface area contributed by atoms with Crippen LogP contribution in [0.2, 0.25) is 0 Å². The van der Waals surface area contributed by atoms with Gasteiger partial charge >= 0.3 is 0 Å². The Bertz CT molecular complexity index is 422. The summed E-state index contributed by atoms with van der Waals surface area (Å²) >= 11 is 0. The predicted molar refractivity (Wildman–Crippen MR) is 58.4 cm³/mol. The number of carbonyl (C=O) groups excluding carboxylic acids is 1. The Kier molecular flexibility index (Phi) is 2.03. The Balaban J connectivity index is 1.95. The van der Waals surface area contributed by atoms with Crippen LogP contribution in [0.3, 0.4) is 0 Å². The molecule has 1 saturated heterocycles. The van der Waals surface area contributed by atoms with Gasteiger partial charge in [-0.3, -0.25) is 4.79 Å². The van der Waals surface area contributed by atoms with Crippen molar-refractivity contribution in [2.24, 2.45) is 5.41 Å². The summed E-state index contributed by atoms with van der Waals surface area (Å²) in [4.78, 5) is 11.8. The van der Waals surface area contributed by atoms with E-state index in [9.17, 15) is 9.18 Å². The zero-order valence-corrected chi connectivity index (χ0v) is 9.00. The lowest BCUT2D eigenvalue weighted by atomic mass is 9.61. The molecule has 0 aromatic heterocycles. The van der Waals surface area contributed by atoms with Crippen molar-refractivity contribution in [3.8, 4) is 0 Å². The van der Waals surface area contributed by atoms with Gasteiger partial charge in [-0.05, 0) is 30.5 Å². The number of benzene rings is 1. The summed E-state index contributed by atoms with van der Waals surface area (Å²) in [6, 6.07) is 6.57. The number of nitrogens with one attached hydrogen (secondary N) is 1. The molecule has 84 valence electrons. The quantitative estimate of drug-likeness (QED) is 0.771.